The van der Waals surface area contributed by atoms with E-state index in [0.717, 1.165) is 12.8 Å². The maximum atomic E-state index is 13.0. The van der Waals surface area contributed by atoms with Crippen LogP contribution in [0.4, 0.5) is 4.39 Å². The minimum absolute atomic E-state index is 0.0301. The molecule has 1 atom stereocenters. The van der Waals surface area contributed by atoms with Gasteiger partial charge in [0.15, 0.2) is 0 Å². The number of nitrogens with zero attached hydrogens (tertiary/aromatic N) is 1. The van der Waals surface area contributed by atoms with Crippen LogP contribution in [0.3, 0.4) is 0 Å². The number of hydrogen-bond acceptors (Lipinski definition) is 1. The molecule has 1 amide bonds. The zero-order valence-corrected chi connectivity index (χ0v) is 10.6. The number of carbonyl (C=O) groups excluding carboxylic acids is 1. The summed E-state index contributed by atoms with van der Waals surface area (Å²) in [5, 5.41) is -0.0301. The Bertz CT molecular complexity index is 439. The SMILES string of the molecule is O=C(c1ccc(F)c(Cl)c1)N1CCCC1CCl. The lowest BCUT2D eigenvalue weighted by atomic mass is 10.2. The second-order valence-electron chi connectivity index (χ2n) is 4.08. The zero-order chi connectivity index (χ0) is 12.4. The second-order valence-corrected chi connectivity index (χ2v) is 4.79. The minimum atomic E-state index is -0.515. The van der Waals surface area contributed by atoms with Gasteiger partial charge in [-0.05, 0) is 31.0 Å². The van der Waals surface area contributed by atoms with E-state index in [2.05, 4.69) is 0 Å². The summed E-state index contributed by atoms with van der Waals surface area (Å²) in [7, 11) is 0. The molecule has 0 N–H and O–H groups in total. The summed E-state index contributed by atoms with van der Waals surface area (Å²) in [5.41, 5.74) is 0.411. The van der Waals surface area contributed by atoms with Crippen LogP contribution in [0.25, 0.3) is 0 Å². The minimum Gasteiger partial charge on any atom is -0.334 e. The average molecular weight is 276 g/mol. The fourth-order valence-electron chi connectivity index (χ4n) is 2.06. The molecule has 0 saturated carbocycles. The smallest absolute Gasteiger partial charge is 0.254 e. The van der Waals surface area contributed by atoms with Crippen molar-refractivity contribution in [2.24, 2.45) is 0 Å². The van der Waals surface area contributed by atoms with E-state index in [1.807, 2.05) is 0 Å². The second kappa shape index (κ2) is 5.23. The molecule has 1 unspecified atom stereocenters. The molecule has 0 spiro atoms. The van der Waals surface area contributed by atoms with E-state index in [-0.39, 0.29) is 17.0 Å². The first-order valence-corrected chi connectivity index (χ1v) is 6.36. The Morgan fingerprint density at radius 1 is 1.53 bits per heavy atom. The van der Waals surface area contributed by atoms with Gasteiger partial charge in [-0.3, -0.25) is 4.79 Å². The van der Waals surface area contributed by atoms with Gasteiger partial charge in [0.05, 0.1) is 5.02 Å². The van der Waals surface area contributed by atoms with Gasteiger partial charge in [-0.25, -0.2) is 4.39 Å². The molecule has 2 rings (SSSR count). The van der Waals surface area contributed by atoms with Crippen LogP contribution in [0, 0.1) is 5.82 Å². The Labute approximate surface area is 109 Å². The highest BCUT2D eigenvalue weighted by molar-refractivity contribution is 6.31. The number of alkyl halides is 1. The van der Waals surface area contributed by atoms with Gasteiger partial charge in [0.2, 0.25) is 0 Å². The average Bonchev–Trinajstić information content (AvgIpc) is 2.80. The molecule has 5 heteroatoms. The first-order valence-electron chi connectivity index (χ1n) is 5.45. The normalized spacial score (nSPS) is 19.7. The molecule has 1 fully saturated rings. The van der Waals surface area contributed by atoms with Gasteiger partial charge >= 0.3 is 0 Å². The monoisotopic (exact) mass is 275 g/mol. The van der Waals surface area contributed by atoms with E-state index in [0.29, 0.717) is 18.0 Å². The van der Waals surface area contributed by atoms with E-state index in [1.165, 1.54) is 18.2 Å². The zero-order valence-electron chi connectivity index (χ0n) is 9.13. The molecular weight excluding hydrogens is 264 g/mol. The van der Waals surface area contributed by atoms with Crippen LogP contribution in [0.2, 0.25) is 5.02 Å². The fourth-order valence-corrected chi connectivity index (χ4v) is 2.56. The Kier molecular flexibility index (Phi) is 3.89. The van der Waals surface area contributed by atoms with Crippen molar-refractivity contribution in [1.82, 2.24) is 4.90 Å². The van der Waals surface area contributed by atoms with Crippen molar-refractivity contribution in [3.8, 4) is 0 Å². The van der Waals surface area contributed by atoms with Crippen LogP contribution in [-0.2, 0) is 0 Å². The molecule has 0 radical (unpaired) electrons. The highest BCUT2D eigenvalue weighted by Crippen LogP contribution is 2.23. The Hall–Kier alpha value is -0.800. The molecule has 1 aliphatic rings. The summed E-state index contributed by atoms with van der Waals surface area (Å²) in [4.78, 5) is 13.9. The molecule has 1 aliphatic heterocycles. The molecule has 17 heavy (non-hydrogen) atoms. The fraction of sp³-hybridized carbons (Fsp3) is 0.417. The Morgan fingerprint density at radius 3 is 2.94 bits per heavy atom. The van der Waals surface area contributed by atoms with Gasteiger partial charge in [0.1, 0.15) is 5.82 Å². The van der Waals surface area contributed by atoms with Gasteiger partial charge in [-0.15, -0.1) is 11.6 Å². The predicted molar refractivity (Wildman–Crippen MR) is 66.2 cm³/mol. The van der Waals surface area contributed by atoms with Crippen molar-refractivity contribution >= 4 is 29.1 Å². The molecule has 2 nitrogen and oxygen atoms in total. The standard InChI is InChI=1S/C12H12Cl2FNO/c13-7-9-2-1-5-16(9)12(17)8-3-4-11(15)10(14)6-8/h3-4,6,9H,1-2,5,7H2. The molecule has 0 bridgehead atoms. The van der Waals surface area contributed by atoms with E-state index >= 15 is 0 Å². The highest BCUT2D eigenvalue weighted by atomic mass is 35.5. The summed E-state index contributed by atoms with van der Waals surface area (Å²) in [6.45, 7) is 0.700. The molecule has 0 aliphatic carbocycles. The first-order chi connectivity index (χ1) is 8.13. The van der Waals surface area contributed by atoms with E-state index in [1.54, 1.807) is 4.90 Å². The number of hydrogen-bond donors (Lipinski definition) is 0. The van der Waals surface area contributed by atoms with Crippen molar-refractivity contribution in [1.29, 1.82) is 0 Å². The van der Waals surface area contributed by atoms with Gasteiger partial charge in [0.25, 0.3) is 5.91 Å². The topological polar surface area (TPSA) is 20.3 Å². The molecular formula is C12H12Cl2FNO. The third kappa shape index (κ3) is 2.55. The largest absolute Gasteiger partial charge is 0.334 e. The lowest BCUT2D eigenvalue weighted by Gasteiger charge is -2.23. The number of amides is 1. The molecule has 92 valence electrons. The van der Waals surface area contributed by atoms with Crippen molar-refractivity contribution in [3.63, 3.8) is 0 Å². The third-order valence-corrected chi connectivity index (χ3v) is 3.63. The molecule has 1 aromatic carbocycles. The number of carbonyl (C=O) groups is 1. The quantitative estimate of drug-likeness (QED) is 0.759. The maximum absolute atomic E-state index is 13.0. The lowest BCUT2D eigenvalue weighted by Crippen LogP contribution is -2.36. The number of rotatable bonds is 2. The van der Waals surface area contributed by atoms with Crippen molar-refractivity contribution in [3.05, 3.63) is 34.6 Å². The van der Waals surface area contributed by atoms with Crippen LogP contribution < -0.4 is 0 Å². The molecule has 1 aromatic rings. The molecule has 1 heterocycles. The van der Waals surface area contributed by atoms with Gasteiger partial charge in [-0.1, -0.05) is 11.6 Å². The van der Waals surface area contributed by atoms with E-state index in [9.17, 15) is 9.18 Å². The Balaban J connectivity index is 2.21. The summed E-state index contributed by atoms with van der Waals surface area (Å²) < 4.78 is 13.0. The van der Waals surface area contributed by atoms with Crippen molar-refractivity contribution in [2.45, 2.75) is 18.9 Å². The first kappa shape index (κ1) is 12.7. The van der Waals surface area contributed by atoms with Crippen LogP contribution in [-0.4, -0.2) is 29.3 Å². The summed E-state index contributed by atoms with van der Waals surface area (Å²) >= 11 is 11.5. The highest BCUT2D eigenvalue weighted by Gasteiger charge is 2.28. The van der Waals surface area contributed by atoms with Crippen LogP contribution >= 0.6 is 23.2 Å². The van der Waals surface area contributed by atoms with E-state index < -0.39 is 5.82 Å². The Morgan fingerprint density at radius 2 is 2.29 bits per heavy atom. The number of halogens is 3. The summed E-state index contributed by atoms with van der Waals surface area (Å²) in [6.07, 6.45) is 1.88. The van der Waals surface area contributed by atoms with Gasteiger partial charge < -0.3 is 4.90 Å². The maximum Gasteiger partial charge on any atom is 0.254 e. The molecule has 1 saturated heterocycles. The number of likely N-dealkylation sites (tertiary alicyclic amines) is 1. The van der Waals surface area contributed by atoms with Crippen molar-refractivity contribution in [2.75, 3.05) is 12.4 Å². The lowest BCUT2D eigenvalue weighted by molar-refractivity contribution is 0.0749. The third-order valence-electron chi connectivity index (χ3n) is 2.98. The summed E-state index contributed by atoms with van der Waals surface area (Å²) in [6, 6.07) is 4.10. The van der Waals surface area contributed by atoms with Crippen LogP contribution in [0.15, 0.2) is 18.2 Å². The summed E-state index contributed by atoms with van der Waals surface area (Å²) in [5.74, 6) is -0.214. The van der Waals surface area contributed by atoms with Crippen LogP contribution in [0.1, 0.15) is 23.2 Å². The number of benzene rings is 1. The van der Waals surface area contributed by atoms with Crippen LogP contribution in [0.5, 0.6) is 0 Å². The molecule has 0 aromatic heterocycles. The predicted octanol–water partition coefficient (Wildman–Crippen LogP) is 3.32. The van der Waals surface area contributed by atoms with E-state index in [4.69, 9.17) is 23.2 Å². The van der Waals surface area contributed by atoms with Gasteiger partial charge in [-0.2, -0.15) is 0 Å². The van der Waals surface area contributed by atoms with Crippen molar-refractivity contribution < 1.29 is 9.18 Å². The van der Waals surface area contributed by atoms with Gasteiger partial charge in [0, 0.05) is 24.0 Å².